The Morgan fingerprint density at radius 3 is 2.76 bits per heavy atom. The standard InChI is InChI=1S/C19H27N5O/c1-14-21-17-11-15(12-20-18(17)22-14)19(25)24-10-6-7-16(13-24)23-8-4-2-3-5-9-23/h11-12,16H,2-10,13H2,1H3,(H,20,21,22). The van der Waals surface area contributed by atoms with Gasteiger partial charge in [0.2, 0.25) is 0 Å². The predicted molar refractivity (Wildman–Crippen MR) is 97.6 cm³/mol. The lowest BCUT2D eigenvalue weighted by Crippen LogP contribution is -2.50. The van der Waals surface area contributed by atoms with E-state index >= 15 is 0 Å². The minimum absolute atomic E-state index is 0.0983. The number of piperidine rings is 1. The zero-order valence-electron chi connectivity index (χ0n) is 15.0. The highest BCUT2D eigenvalue weighted by molar-refractivity contribution is 5.96. The van der Waals surface area contributed by atoms with E-state index in [0.29, 0.717) is 17.3 Å². The Labute approximate surface area is 148 Å². The summed E-state index contributed by atoms with van der Waals surface area (Å²) in [7, 11) is 0. The Hall–Kier alpha value is -1.95. The van der Waals surface area contributed by atoms with E-state index < -0.39 is 0 Å². The van der Waals surface area contributed by atoms with E-state index in [9.17, 15) is 4.79 Å². The predicted octanol–water partition coefficient (Wildman–Crippen LogP) is 2.75. The van der Waals surface area contributed by atoms with Crippen LogP contribution in [-0.2, 0) is 0 Å². The third-order valence-electron chi connectivity index (χ3n) is 5.54. The number of likely N-dealkylation sites (tertiary alicyclic amines) is 2. The number of rotatable bonds is 2. The van der Waals surface area contributed by atoms with E-state index in [-0.39, 0.29) is 5.91 Å². The zero-order valence-corrected chi connectivity index (χ0v) is 15.0. The number of H-pyrrole nitrogens is 1. The molecule has 1 amide bonds. The van der Waals surface area contributed by atoms with Crippen LogP contribution in [0.5, 0.6) is 0 Å². The van der Waals surface area contributed by atoms with Crippen molar-refractivity contribution in [3.8, 4) is 0 Å². The smallest absolute Gasteiger partial charge is 0.255 e. The topological polar surface area (TPSA) is 65.1 Å². The Morgan fingerprint density at radius 1 is 1.16 bits per heavy atom. The lowest BCUT2D eigenvalue weighted by molar-refractivity contribution is 0.0579. The second-order valence-corrected chi connectivity index (χ2v) is 7.41. The fourth-order valence-electron chi connectivity index (χ4n) is 4.22. The molecular formula is C19H27N5O. The maximum atomic E-state index is 13.0. The summed E-state index contributed by atoms with van der Waals surface area (Å²) in [6.07, 6.45) is 9.25. The Bertz CT molecular complexity index is 747. The normalized spacial score (nSPS) is 22.9. The van der Waals surface area contributed by atoms with Crippen LogP contribution in [-0.4, -0.2) is 62.9 Å². The summed E-state index contributed by atoms with van der Waals surface area (Å²) in [5.74, 6) is 0.924. The average molecular weight is 341 g/mol. The van der Waals surface area contributed by atoms with Crippen molar-refractivity contribution in [3.05, 3.63) is 23.7 Å². The number of hydrogen-bond acceptors (Lipinski definition) is 4. The minimum atomic E-state index is 0.0983. The lowest BCUT2D eigenvalue weighted by atomic mass is 10.0. The first-order valence-electron chi connectivity index (χ1n) is 9.56. The number of hydrogen-bond donors (Lipinski definition) is 1. The van der Waals surface area contributed by atoms with E-state index in [1.807, 2.05) is 17.9 Å². The van der Waals surface area contributed by atoms with Crippen LogP contribution >= 0.6 is 0 Å². The first-order chi connectivity index (χ1) is 12.2. The van der Waals surface area contributed by atoms with Gasteiger partial charge in [-0.25, -0.2) is 9.97 Å². The molecule has 0 spiro atoms. The molecule has 2 saturated heterocycles. The van der Waals surface area contributed by atoms with Crippen molar-refractivity contribution in [1.29, 1.82) is 0 Å². The Balaban J connectivity index is 1.48. The summed E-state index contributed by atoms with van der Waals surface area (Å²) in [5.41, 5.74) is 2.17. The molecule has 0 aliphatic carbocycles. The number of aromatic amines is 1. The summed E-state index contributed by atoms with van der Waals surface area (Å²) < 4.78 is 0. The quantitative estimate of drug-likeness (QED) is 0.912. The molecule has 1 N–H and O–H groups in total. The van der Waals surface area contributed by atoms with Gasteiger partial charge in [-0.3, -0.25) is 9.69 Å². The van der Waals surface area contributed by atoms with E-state index in [1.54, 1.807) is 6.20 Å². The number of pyridine rings is 1. The van der Waals surface area contributed by atoms with Gasteiger partial charge in [0, 0.05) is 25.3 Å². The largest absolute Gasteiger partial charge is 0.341 e. The fourth-order valence-corrected chi connectivity index (χ4v) is 4.22. The van der Waals surface area contributed by atoms with Crippen molar-refractivity contribution in [2.24, 2.45) is 0 Å². The van der Waals surface area contributed by atoms with Gasteiger partial charge in [0.15, 0.2) is 5.65 Å². The fraction of sp³-hybridized carbons (Fsp3) is 0.632. The number of carbonyl (C=O) groups excluding carboxylic acids is 1. The number of imidazole rings is 1. The van der Waals surface area contributed by atoms with E-state index in [0.717, 1.165) is 30.9 Å². The SMILES string of the molecule is Cc1nc2ncc(C(=O)N3CCCC(N4CCCCCC4)C3)cc2[nH]1. The van der Waals surface area contributed by atoms with Crippen LogP contribution in [0.25, 0.3) is 11.2 Å². The van der Waals surface area contributed by atoms with Gasteiger partial charge in [-0.15, -0.1) is 0 Å². The van der Waals surface area contributed by atoms with Gasteiger partial charge >= 0.3 is 0 Å². The second-order valence-electron chi connectivity index (χ2n) is 7.41. The molecule has 2 aliphatic heterocycles. The van der Waals surface area contributed by atoms with Crippen molar-refractivity contribution in [1.82, 2.24) is 24.8 Å². The summed E-state index contributed by atoms with van der Waals surface area (Å²) in [5, 5.41) is 0. The molecule has 2 aromatic rings. The lowest BCUT2D eigenvalue weighted by Gasteiger charge is -2.39. The molecule has 134 valence electrons. The number of aromatic nitrogens is 3. The maximum absolute atomic E-state index is 13.0. The molecule has 2 aliphatic rings. The third kappa shape index (κ3) is 3.54. The number of nitrogens with zero attached hydrogens (tertiary/aromatic N) is 4. The number of carbonyl (C=O) groups is 1. The monoisotopic (exact) mass is 341 g/mol. The van der Waals surface area contributed by atoms with Gasteiger partial charge in [0.1, 0.15) is 5.82 Å². The average Bonchev–Trinajstić information content (AvgIpc) is 2.83. The van der Waals surface area contributed by atoms with Gasteiger partial charge < -0.3 is 9.88 Å². The summed E-state index contributed by atoms with van der Waals surface area (Å²) in [6, 6.07) is 2.40. The molecule has 4 heterocycles. The second kappa shape index (κ2) is 7.12. The summed E-state index contributed by atoms with van der Waals surface area (Å²) in [4.78, 5) is 29.4. The van der Waals surface area contributed by atoms with E-state index in [1.165, 1.54) is 45.2 Å². The van der Waals surface area contributed by atoms with Crippen molar-refractivity contribution >= 4 is 17.1 Å². The van der Waals surface area contributed by atoms with Crippen LogP contribution in [0.1, 0.15) is 54.7 Å². The molecule has 4 rings (SSSR count). The molecule has 6 heteroatoms. The highest BCUT2D eigenvalue weighted by Crippen LogP contribution is 2.22. The molecule has 25 heavy (non-hydrogen) atoms. The van der Waals surface area contributed by atoms with E-state index in [4.69, 9.17) is 0 Å². The van der Waals surface area contributed by atoms with Gasteiger partial charge in [-0.05, 0) is 51.8 Å². The van der Waals surface area contributed by atoms with E-state index in [2.05, 4.69) is 19.9 Å². The van der Waals surface area contributed by atoms with Gasteiger partial charge in [0.25, 0.3) is 5.91 Å². The van der Waals surface area contributed by atoms with Crippen LogP contribution in [0.15, 0.2) is 12.3 Å². The number of aryl methyl sites for hydroxylation is 1. The highest BCUT2D eigenvalue weighted by Gasteiger charge is 2.29. The van der Waals surface area contributed by atoms with Crippen molar-refractivity contribution < 1.29 is 4.79 Å². The molecule has 2 fully saturated rings. The molecule has 2 aromatic heterocycles. The third-order valence-corrected chi connectivity index (χ3v) is 5.54. The zero-order chi connectivity index (χ0) is 17.2. The number of fused-ring (bicyclic) bond motifs is 1. The van der Waals surface area contributed by atoms with Gasteiger partial charge in [0.05, 0.1) is 11.1 Å². The highest BCUT2D eigenvalue weighted by atomic mass is 16.2. The molecular weight excluding hydrogens is 314 g/mol. The molecule has 0 radical (unpaired) electrons. The van der Waals surface area contributed by atoms with Crippen LogP contribution in [0.3, 0.4) is 0 Å². The minimum Gasteiger partial charge on any atom is -0.341 e. The summed E-state index contributed by atoms with van der Waals surface area (Å²) >= 11 is 0. The van der Waals surface area contributed by atoms with Gasteiger partial charge in [-0.1, -0.05) is 12.8 Å². The van der Waals surface area contributed by atoms with Gasteiger partial charge in [-0.2, -0.15) is 0 Å². The van der Waals surface area contributed by atoms with Crippen LogP contribution in [0.4, 0.5) is 0 Å². The Kier molecular flexibility index (Phi) is 4.70. The van der Waals surface area contributed by atoms with Crippen LogP contribution in [0, 0.1) is 6.92 Å². The van der Waals surface area contributed by atoms with Crippen molar-refractivity contribution in [2.45, 2.75) is 51.5 Å². The summed E-state index contributed by atoms with van der Waals surface area (Å²) in [6.45, 7) is 5.98. The van der Waals surface area contributed by atoms with Crippen LogP contribution < -0.4 is 0 Å². The first kappa shape index (κ1) is 16.5. The van der Waals surface area contributed by atoms with Crippen molar-refractivity contribution in [2.75, 3.05) is 26.2 Å². The van der Waals surface area contributed by atoms with Crippen molar-refractivity contribution in [3.63, 3.8) is 0 Å². The molecule has 6 nitrogen and oxygen atoms in total. The first-order valence-corrected chi connectivity index (χ1v) is 9.56. The molecule has 0 aromatic carbocycles. The van der Waals surface area contributed by atoms with Crippen LogP contribution in [0.2, 0.25) is 0 Å². The number of amides is 1. The molecule has 0 bridgehead atoms. The molecule has 0 saturated carbocycles. The maximum Gasteiger partial charge on any atom is 0.255 e. The Morgan fingerprint density at radius 2 is 1.96 bits per heavy atom. The molecule has 1 atom stereocenters. The molecule has 1 unspecified atom stereocenters. The number of nitrogens with one attached hydrogen (secondary N) is 1.